The molecule has 30 heavy (non-hydrogen) atoms. The Balaban J connectivity index is 1.64. The van der Waals surface area contributed by atoms with Gasteiger partial charge in [0.1, 0.15) is 16.7 Å². The number of ether oxygens (including phenoxy) is 1. The largest absolute Gasteiger partial charge is 0.491 e. The van der Waals surface area contributed by atoms with E-state index in [9.17, 15) is 4.79 Å². The predicted octanol–water partition coefficient (Wildman–Crippen LogP) is 5.87. The number of anilines is 1. The molecule has 0 aliphatic rings. The van der Waals surface area contributed by atoms with Crippen LogP contribution in [0.15, 0.2) is 66.9 Å². The minimum absolute atomic E-state index is 0.0771. The van der Waals surface area contributed by atoms with Crippen LogP contribution in [0.25, 0.3) is 21.3 Å². The highest BCUT2D eigenvalue weighted by molar-refractivity contribution is 7.16. The molecule has 2 heterocycles. The molecule has 1 N–H and O–H groups in total. The van der Waals surface area contributed by atoms with Crippen molar-refractivity contribution in [1.82, 2.24) is 4.98 Å². The van der Waals surface area contributed by atoms with Crippen LogP contribution in [0.1, 0.15) is 29.1 Å². The van der Waals surface area contributed by atoms with E-state index in [1.54, 1.807) is 30.5 Å². The minimum atomic E-state index is -0.214. The molecule has 2 aromatic heterocycles. The second-order valence-electron chi connectivity index (χ2n) is 6.98. The lowest BCUT2D eigenvalue weighted by atomic mass is 10.1. The van der Waals surface area contributed by atoms with Crippen LogP contribution >= 0.6 is 11.3 Å². The number of rotatable bonds is 5. The normalized spacial score (nSPS) is 10.7. The Hall–Kier alpha value is -3.69. The number of nitrogens with one attached hydrogen (secondary N) is 1. The Bertz CT molecular complexity index is 1250. The molecular formula is C24H19N3O2S. The van der Waals surface area contributed by atoms with Gasteiger partial charge in [-0.15, -0.1) is 11.3 Å². The molecule has 5 nitrogen and oxygen atoms in total. The number of nitriles is 1. The lowest BCUT2D eigenvalue weighted by molar-refractivity contribution is 0.102. The molecular weight excluding hydrogens is 394 g/mol. The van der Waals surface area contributed by atoms with Gasteiger partial charge in [-0.05, 0) is 62.4 Å². The van der Waals surface area contributed by atoms with E-state index in [1.165, 1.54) is 11.3 Å². The molecule has 2 aromatic carbocycles. The summed E-state index contributed by atoms with van der Waals surface area (Å²) in [7, 11) is 0. The number of hydrogen-bond donors (Lipinski definition) is 1. The molecule has 0 aliphatic heterocycles. The highest BCUT2D eigenvalue weighted by Crippen LogP contribution is 2.35. The molecule has 0 atom stereocenters. The Morgan fingerprint density at radius 1 is 1.10 bits per heavy atom. The minimum Gasteiger partial charge on any atom is -0.491 e. The predicted molar refractivity (Wildman–Crippen MR) is 120 cm³/mol. The smallest absolute Gasteiger partial charge is 0.255 e. The summed E-state index contributed by atoms with van der Waals surface area (Å²) in [6.45, 7) is 3.92. The first kappa shape index (κ1) is 19.6. The van der Waals surface area contributed by atoms with E-state index >= 15 is 0 Å². The van der Waals surface area contributed by atoms with Crippen LogP contribution in [0.4, 0.5) is 5.69 Å². The lowest BCUT2D eigenvalue weighted by Crippen LogP contribution is -2.12. The Morgan fingerprint density at radius 3 is 2.60 bits per heavy atom. The van der Waals surface area contributed by atoms with Gasteiger partial charge in [0.15, 0.2) is 0 Å². The maximum absolute atomic E-state index is 12.8. The van der Waals surface area contributed by atoms with Crippen LogP contribution in [0.5, 0.6) is 5.75 Å². The highest BCUT2D eigenvalue weighted by Gasteiger charge is 2.13. The van der Waals surface area contributed by atoms with E-state index in [0.29, 0.717) is 21.6 Å². The van der Waals surface area contributed by atoms with E-state index in [0.717, 1.165) is 21.6 Å². The fourth-order valence-corrected chi connectivity index (χ4v) is 4.03. The van der Waals surface area contributed by atoms with Gasteiger partial charge < -0.3 is 10.1 Å². The van der Waals surface area contributed by atoms with Gasteiger partial charge in [-0.3, -0.25) is 9.78 Å². The van der Waals surface area contributed by atoms with E-state index < -0.39 is 0 Å². The molecule has 0 radical (unpaired) electrons. The number of amides is 1. The molecule has 6 heteroatoms. The van der Waals surface area contributed by atoms with Gasteiger partial charge in [0, 0.05) is 27.6 Å². The number of hydrogen-bond acceptors (Lipinski definition) is 5. The van der Waals surface area contributed by atoms with Crippen molar-refractivity contribution in [2.24, 2.45) is 0 Å². The number of pyridine rings is 1. The van der Waals surface area contributed by atoms with Crippen molar-refractivity contribution < 1.29 is 9.53 Å². The first-order valence-electron chi connectivity index (χ1n) is 9.51. The van der Waals surface area contributed by atoms with Crippen LogP contribution in [0.2, 0.25) is 0 Å². The number of thiophene rings is 1. The topological polar surface area (TPSA) is 75.0 Å². The third-order valence-electron chi connectivity index (χ3n) is 4.49. The van der Waals surface area contributed by atoms with Crippen molar-refractivity contribution in [2.45, 2.75) is 20.0 Å². The van der Waals surface area contributed by atoms with Gasteiger partial charge in [0.05, 0.1) is 17.3 Å². The average Bonchev–Trinajstić information content (AvgIpc) is 3.23. The summed E-state index contributed by atoms with van der Waals surface area (Å²) in [6.07, 6.45) is 1.80. The molecule has 4 rings (SSSR count). The number of nitrogens with zero attached hydrogens (tertiary/aromatic N) is 2. The first-order chi connectivity index (χ1) is 14.5. The van der Waals surface area contributed by atoms with Gasteiger partial charge in [0.25, 0.3) is 5.91 Å². The molecule has 0 spiro atoms. The number of carbonyl (C=O) groups is 1. The van der Waals surface area contributed by atoms with Crippen LogP contribution < -0.4 is 10.1 Å². The van der Waals surface area contributed by atoms with Gasteiger partial charge in [-0.1, -0.05) is 12.1 Å². The molecule has 0 aliphatic carbocycles. The van der Waals surface area contributed by atoms with Gasteiger partial charge in [0.2, 0.25) is 0 Å². The van der Waals surface area contributed by atoms with Crippen LogP contribution in [-0.2, 0) is 0 Å². The third kappa shape index (κ3) is 4.02. The quantitative estimate of drug-likeness (QED) is 0.444. The monoisotopic (exact) mass is 413 g/mol. The van der Waals surface area contributed by atoms with Crippen molar-refractivity contribution in [3.05, 3.63) is 77.3 Å². The molecule has 0 fully saturated rings. The highest BCUT2D eigenvalue weighted by atomic mass is 32.1. The van der Waals surface area contributed by atoms with E-state index in [2.05, 4.69) is 16.4 Å². The van der Waals surface area contributed by atoms with Crippen molar-refractivity contribution >= 4 is 33.8 Å². The fourth-order valence-electron chi connectivity index (χ4n) is 3.19. The van der Waals surface area contributed by atoms with Gasteiger partial charge >= 0.3 is 0 Å². The summed E-state index contributed by atoms with van der Waals surface area (Å²) < 4.78 is 5.63. The summed E-state index contributed by atoms with van der Waals surface area (Å²) >= 11 is 1.43. The maximum atomic E-state index is 12.8. The standard InChI is InChI=1S/C24H19N3O2S/c1-15(2)29-17-8-6-16(7-9-17)24(28)27-21-5-3-4-20-19(12-13-26-23(20)21)22-11-10-18(14-25)30-22/h3-13,15H,1-2H3,(H,27,28). The summed E-state index contributed by atoms with van der Waals surface area (Å²) in [5.74, 6) is 0.513. The zero-order chi connectivity index (χ0) is 21.1. The van der Waals surface area contributed by atoms with Gasteiger partial charge in [-0.2, -0.15) is 5.26 Å². The van der Waals surface area contributed by atoms with Crippen molar-refractivity contribution in [2.75, 3.05) is 5.32 Å². The van der Waals surface area contributed by atoms with Crippen molar-refractivity contribution in [3.63, 3.8) is 0 Å². The summed E-state index contributed by atoms with van der Waals surface area (Å²) in [5.41, 5.74) is 2.86. The summed E-state index contributed by atoms with van der Waals surface area (Å²) in [6, 6.07) is 20.6. The van der Waals surface area contributed by atoms with E-state index in [4.69, 9.17) is 10.00 Å². The first-order valence-corrected chi connectivity index (χ1v) is 10.3. The lowest BCUT2D eigenvalue weighted by Gasteiger charge is -2.12. The zero-order valence-corrected chi connectivity index (χ0v) is 17.4. The second-order valence-corrected chi connectivity index (χ2v) is 8.06. The molecule has 0 saturated heterocycles. The van der Waals surface area contributed by atoms with Crippen LogP contribution in [0.3, 0.4) is 0 Å². The zero-order valence-electron chi connectivity index (χ0n) is 16.5. The maximum Gasteiger partial charge on any atom is 0.255 e. The summed E-state index contributed by atoms with van der Waals surface area (Å²) in [5, 5.41) is 13.0. The number of fused-ring (bicyclic) bond motifs is 1. The molecule has 148 valence electrons. The Morgan fingerprint density at radius 2 is 1.90 bits per heavy atom. The van der Waals surface area contributed by atoms with Gasteiger partial charge in [-0.25, -0.2) is 0 Å². The van der Waals surface area contributed by atoms with Crippen LogP contribution in [0, 0.1) is 11.3 Å². The van der Waals surface area contributed by atoms with Crippen molar-refractivity contribution in [3.8, 4) is 22.3 Å². The number of carbonyl (C=O) groups excluding carboxylic acids is 1. The van der Waals surface area contributed by atoms with E-state index in [1.807, 2.05) is 50.2 Å². The molecule has 0 saturated carbocycles. The number of benzene rings is 2. The Kier molecular flexibility index (Phi) is 5.46. The number of para-hydroxylation sites is 1. The van der Waals surface area contributed by atoms with Crippen LogP contribution in [-0.4, -0.2) is 17.0 Å². The second kappa shape index (κ2) is 8.36. The van der Waals surface area contributed by atoms with Crippen molar-refractivity contribution in [1.29, 1.82) is 5.26 Å². The Labute approximate surface area is 178 Å². The fraction of sp³-hybridized carbons (Fsp3) is 0.125. The third-order valence-corrected chi connectivity index (χ3v) is 5.51. The average molecular weight is 414 g/mol. The number of aromatic nitrogens is 1. The molecule has 0 bridgehead atoms. The molecule has 0 unspecified atom stereocenters. The molecule has 4 aromatic rings. The summed E-state index contributed by atoms with van der Waals surface area (Å²) in [4.78, 5) is 18.9. The molecule has 1 amide bonds. The van der Waals surface area contributed by atoms with E-state index in [-0.39, 0.29) is 12.0 Å². The SMILES string of the molecule is CC(C)Oc1ccc(C(=O)Nc2cccc3c(-c4ccc(C#N)s4)ccnc23)cc1.